The molecule has 3 fully saturated rings. The molecule has 3 heterocycles. The first-order valence-electron chi connectivity index (χ1n) is 27.1. The number of unbranched alkanes of at least 4 members (excludes halogenated alkanes) is 2. The molecule has 1 aliphatic carbocycles. The highest BCUT2D eigenvalue weighted by Crippen LogP contribution is 2.44. The van der Waals surface area contributed by atoms with Crippen molar-refractivity contribution in [3.63, 3.8) is 0 Å². The van der Waals surface area contributed by atoms with Crippen LogP contribution in [0.15, 0.2) is 65.5 Å². The Morgan fingerprint density at radius 3 is 2.08 bits per heavy atom. The van der Waals surface area contributed by atoms with Gasteiger partial charge in [0.15, 0.2) is 0 Å². The van der Waals surface area contributed by atoms with E-state index in [-0.39, 0.29) is 68.5 Å². The molecule has 416 valence electrons. The summed E-state index contributed by atoms with van der Waals surface area (Å²) in [5, 5.41) is 11.8. The summed E-state index contributed by atoms with van der Waals surface area (Å²) in [6, 6.07) is 4.53. The quantitative estimate of drug-likeness (QED) is 0.0322. The smallest absolute Gasteiger partial charge is 0.264 e. The van der Waals surface area contributed by atoms with Crippen molar-refractivity contribution in [3.05, 3.63) is 83.5 Å². The Morgan fingerprint density at radius 2 is 1.43 bits per heavy atom. The molecule has 3 aliphatic heterocycles. The number of fused-ring (bicyclic) bond motifs is 1. The van der Waals surface area contributed by atoms with Crippen LogP contribution in [-0.4, -0.2) is 127 Å². The van der Waals surface area contributed by atoms with Gasteiger partial charge in [-0.2, -0.15) is 0 Å². The Kier molecular flexibility index (Phi) is 20.3. The number of guanidine groups is 1. The van der Waals surface area contributed by atoms with Gasteiger partial charge in [-0.05, 0) is 140 Å². The van der Waals surface area contributed by atoms with Crippen molar-refractivity contribution in [2.45, 2.75) is 190 Å². The number of benzene rings is 2. The van der Waals surface area contributed by atoms with Crippen LogP contribution in [0.4, 0.5) is 0 Å². The van der Waals surface area contributed by atoms with Crippen molar-refractivity contribution >= 4 is 51.4 Å². The summed E-state index contributed by atoms with van der Waals surface area (Å²) in [4.78, 5) is 92.9. The summed E-state index contributed by atoms with van der Waals surface area (Å²) < 4.78 is 36.5. The molecule has 6 rings (SSSR count). The lowest BCUT2D eigenvalue weighted by molar-refractivity contribution is -0.144. The number of ether oxygens (including phenoxy) is 1. The molecule has 6 amide bonds. The van der Waals surface area contributed by atoms with Gasteiger partial charge >= 0.3 is 0 Å². The monoisotopic (exact) mass is 1070 g/mol. The van der Waals surface area contributed by atoms with E-state index in [0.717, 1.165) is 16.7 Å². The van der Waals surface area contributed by atoms with Crippen LogP contribution >= 0.6 is 0 Å². The molecule has 0 aromatic heterocycles. The zero-order valence-electron chi connectivity index (χ0n) is 45.3. The number of allylic oxidation sites excluding steroid dienone is 2. The Morgan fingerprint density at radius 1 is 0.816 bits per heavy atom. The summed E-state index contributed by atoms with van der Waals surface area (Å²) in [6.45, 7) is 17.6. The van der Waals surface area contributed by atoms with Gasteiger partial charge in [-0.3, -0.25) is 33.8 Å². The second-order valence-electron chi connectivity index (χ2n) is 21.5. The molecule has 2 saturated heterocycles. The predicted octanol–water partition coefficient (Wildman–Crippen LogP) is 4.09. The number of hydrogen-bond donors (Lipinski definition) is 7. The number of hydrogen-bond acceptors (Lipinski definition) is 11. The van der Waals surface area contributed by atoms with Crippen molar-refractivity contribution in [2.75, 3.05) is 26.2 Å². The molecule has 4 aliphatic rings. The molecule has 0 spiro atoms. The summed E-state index contributed by atoms with van der Waals surface area (Å²) in [7, 11) is -4.19. The summed E-state index contributed by atoms with van der Waals surface area (Å²) in [5.41, 5.74) is 14.0. The SMILES string of the molecule is C=CCCCNC(=O)[C@@H]1CCCN1C(=O)[C@H](CCCN=C(N)NS(=O)(=O)c1c(C)c(C)c2c(c1C)CC(C)(C)O2)NC(=O)C1(NC(=O)[C@@H]2CCCN2C(=O)[C@H](Cc2ccccc2)NC(=O)[C@@H](N)CCCC=C)CCCC1. The molecular weight excluding hydrogens is 989 g/mol. The molecule has 0 radical (unpaired) electrons. The fourth-order valence-electron chi connectivity index (χ4n) is 11.1. The Balaban J connectivity index is 1.19. The molecule has 0 bridgehead atoms. The van der Waals surface area contributed by atoms with E-state index >= 15 is 0 Å². The number of likely N-dealkylation sites (tertiary alicyclic amines) is 2. The fourth-order valence-corrected chi connectivity index (χ4v) is 12.7. The van der Waals surface area contributed by atoms with E-state index in [9.17, 15) is 37.2 Å². The van der Waals surface area contributed by atoms with Gasteiger partial charge in [0, 0.05) is 44.6 Å². The molecule has 2 aromatic carbocycles. The van der Waals surface area contributed by atoms with Crippen LogP contribution in [0.3, 0.4) is 0 Å². The van der Waals surface area contributed by atoms with Gasteiger partial charge < -0.3 is 47.3 Å². The lowest BCUT2D eigenvalue weighted by Crippen LogP contribution is -2.64. The molecular formula is C56H82N10O9S. The van der Waals surface area contributed by atoms with E-state index in [0.29, 0.717) is 100 Å². The van der Waals surface area contributed by atoms with E-state index in [2.05, 4.69) is 44.1 Å². The van der Waals surface area contributed by atoms with Crippen LogP contribution in [-0.2, 0) is 51.6 Å². The number of aliphatic imine (C=N–C) groups is 1. The highest BCUT2D eigenvalue weighted by atomic mass is 32.2. The largest absolute Gasteiger partial charge is 0.487 e. The second-order valence-corrected chi connectivity index (χ2v) is 23.2. The minimum absolute atomic E-state index is 0.0230. The van der Waals surface area contributed by atoms with Gasteiger partial charge in [0.2, 0.25) is 41.4 Å². The van der Waals surface area contributed by atoms with Crippen LogP contribution in [0.2, 0.25) is 0 Å². The molecule has 2 aromatic rings. The predicted molar refractivity (Wildman–Crippen MR) is 292 cm³/mol. The maximum atomic E-state index is 14.8. The Bertz CT molecular complexity index is 2620. The number of nitrogens with two attached hydrogens (primary N) is 2. The molecule has 0 unspecified atom stereocenters. The fraction of sp³-hybridized carbons (Fsp3) is 0.589. The minimum atomic E-state index is -4.19. The van der Waals surface area contributed by atoms with Gasteiger partial charge in [0.05, 0.1) is 10.9 Å². The topological polar surface area (TPSA) is 277 Å². The van der Waals surface area contributed by atoms with Crippen molar-refractivity contribution in [2.24, 2.45) is 16.5 Å². The first-order chi connectivity index (χ1) is 36.1. The van der Waals surface area contributed by atoms with Crippen LogP contribution in [0.5, 0.6) is 5.75 Å². The third-order valence-corrected chi connectivity index (χ3v) is 16.9. The zero-order chi connectivity index (χ0) is 55.4. The van der Waals surface area contributed by atoms with Crippen LogP contribution in [0.25, 0.3) is 0 Å². The number of amides is 6. The van der Waals surface area contributed by atoms with Crippen molar-refractivity contribution in [3.8, 4) is 5.75 Å². The van der Waals surface area contributed by atoms with Gasteiger partial charge in [0.25, 0.3) is 10.0 Å². The van der Waals surface area contributed by atoms with Crippen molar-refractivity contribution < 1.29 is 41.9 Å². The van der Waals surface area contributed by atoms with Crippen molar-refractivity contribution in [1.29, 1.82) is 0 Å². The summed E-state index contributed by atoms with van der Waals surface area (Å²) in [6.07, 6.45) is 11.2. The Labute approximate surface area is 449 Å². The second kappa shape index (κ2) is 26.2. The maximum absolute atomic E-state index is 14.8. The average Bonchev–Trinajstić information content (AvgIpc) is 4.23. The van der Waals surface area contributed by atoms with E-state index in [4.69, 9.17) is 16.2 Å². The maximum Gasteiger partial charge on any atom is 0.264 e. The third kappa shape index (κ3) is 14.4. The molecule has 9 N–H and O–H groups in total. The van der Waals surface area contributed by atoms with E-state index in [1.807, 2.05) is 51.1 Å². The Hall–Kier alpha value is -6.28. The van der Waals surface area contributed by atoms with Gasteiger partial charge in [-0.1, -0.05) is 55.3 Å². The number of rotatable bonds is 25. The molecule has 1 saturated carbocycles. The molecule has 76 heavy (non-hydrogen) atoms. The number of carbonyl (C=O) groups is 6. The number of nitrogens with zero attached hydrogens (tertiary/aromatic N) is 3. The standard InChI is InChI=1S/C56H82N10O9S/c1-8-10-13-24-41(57)48(67)61-43(34-39-22-14-12-15-23-39)52(71)66-33-21-27-45(66)50(69)63-56(28-16-17-29-56)53(72)62-42(51(70)65-32-20-26-44(65)49(68)59-30-18-11-9-2)25-19-31-60-54(58)64-76(73,74)47-37(4)36(3)46-40(38(47)5)35-55(6,7)75-46/h8-9,12,14-15,22-23,41-45H,1-2,10-11,13,16-21,24-35,57H2,3-7H3,(H,59,68)(H,61,67)(H,62,72)(H,63,69)(H3,58,60,64)/t41-,42-,43-,44-,45-/m0/s1. The number of nitrogens with one attached hydrogen (secondary N) is 5. The number of sulfonamides is 1. The first kappa shape index (κ1) is 59.0. The molecule has 19 nitrogen and oxygen atoms in total. The van der Waals surface area contributed by atoms with Crippen LogP contribution in [0.1, 0.15) is 138 Å². The molecule has 20 heteroatoms. The lowest BCUT2D eigenvalue weighted by atomic mass is 9.94. The van der Waals surface area contributed by atoms with Gasteiger partial charge in [0.1, 0.15) is 41.1 Å². The highest BCUT2D eigenvalue weighted by Gasteiger charge is 2.48. The third-order valence-electron chi connectivity index (χ3n) is 15.3. The molecule has 5 atom stereocenters. The van der Waals surface area contributed by atoms with Gasteiger partial charge in [-0.25, -0.2) is 13.1 Å². The van der Waals surface area contributed by atoms with E-state index < -0.39 is 80.9 Å². The lowest BCUT2D eigenvalue weighted by Gasteiger charge is -2.35. The first-order valence-corrected chi connectivity index (χ1v) is 28.6. The average molecular weight is 1070 g/mol. The van der Waals surface area contributed by atoms with Crippen LogP contribution in [0, 0.1) is 20.8 Å². The zero-order valence-corrected chi connectivity index (χ0v) is 46.1. The van der Waals surface area contributed by atoms with Crippen LogP contribution < -0.4 is 42.2 Å². The van der Waals surface area contributed by atoms with E-state index in [1.165, 1.54) is 9.80 Å². The minimum Gasteiger partial charge on any atom is -0.487 e. The van der Waals surface area contributed by atoms with E-state index in [1.54, 1.807) is 26.0 Å². The summed E-state index contributed by atoms with van der Waals surface area (Å²) >= 11 is 0. The van der Waals surface area contributed by atoms with Crippen molar-refractivity contribution in [1.82, 2.24) is 35.8 Å². The normalized spacial score (nSPS) is 19.9. The summed E-state index contributed by atoms with van der Waals surface area (Å²) in [5.74, 6) is -2.43. The van der Waals surface area contributed by atoms with Gasteiger partial charge in [-0.15, -0.1) is 13.2 Å². The highest BCUT2D eigenvalue weighted by molar-refractivity contribution is 7.90. The number of carbonyl (C=O) groups excluding carboxylic acids is 6.